The molecule has 0 aliphatic heterocycles. The van der Waals surface area contributed by atoms with E-state index in [0.717, 1.165) is 27.8 Å². The van der Waals surface area contributed by atoms with Crippen LogP contribution in [-0.2, 0) is 22.6 Å². The molecule has 0 bridgehead atoms. The van der Waals surface area contributed by atoms with Gasteiger partial charge in [-0.15, -0.1) is 0 Å². The lowest BCUT2D eigenvalue weighted by Gasteiger charge is -2.16. The van der Waals surface area contributed by atoms with Gasteiger partial charge in [0.15, 0.2) is 5.78 Å². The Morgan fingerprint density at radius 1 is 1.15 bits per heavy atom. The van der Waals surface area contributed by atoms with Crippen LogP contribution in [-0.4, -0.2) is 37.5 Å². The number of benzene rings is 2. The van der Waals surface area contributed by atoms with E-state index in [1.807, 2.05) is 38.1 Å². The molecule has 2 aromatic carbocycles. The van der Waals surface area contributed by atoms with Gasteiger partial charge in [0.1, 0.15) is 5.75 Å². The number of Topliss-reactive ketones (excluding diaryl/α,β-unsaturated/α-hetero) is 1. The van der Waals surface area contributed by atoms with E-state index in [9.17, 15) is 14.7 Å². The number of carboxylic acids is 1. The average molecular weight is 448 g/mol. The number of hydrogen-bond acceptors (Lipinski definition) is 5. The highest BCUT2D eigenvalue weighted by Crippen LogP contribution is 2.31. The van der Waals surface area contributed by atoms with Crippen LogP contribution in [0.15, 0.2) is 54.9 Å². The minimum absolute atomic E-state index is 0.00728. The number of aromatic hydroxyl groups is 1. The fourth-order valence-electron chi connectivity index (χ4n) is 3.93. The van der Waals surface area contributed by atoms with Crippen molar-refractivity contribution in [3.8, 4) is 16.9 Å². The van der Waals surface area contributed by atoms with Gasteiger partial charge in [-0.3, -0.25) is 14.3 Å². The molecule has 0 fully saturated rings. The van der Waals surface area contributed by atoms with Crippen LogP contribution in [0.4, 0.5) is 0 Å². The first kappa shape index (κ1) is 23.9. The maximum Gasteiger partial charge on any atom is 0.308 e. The Morgan fingerprint density at radius 2 is 1.88 bits per heavy atom. The van der Waals surface area contributed by atoms with Crippen molar-refractivity contribution >= 4 is 17.5 Å². The highest BCUT2D eigenvalue weighted by atomic mass is 16.4. The van der Waals surface area contributed by atoms with E-state index in [1.165, 1.54) is 0 Å². The Kier molecular flexibility index (Phi) is 7.43. The number of hydrogen-bond donors (Lipinski definition) is 3. The molecule has 7 nitrogen and oxygen atoms in total. The summed E-state index contributed by atoms with van der Waals surface area (Å²) in [5.41, 5.74) is 4.20. The molecule has 172 valence electrons. The highest BCUT2D eigenvalue weighted by molar-refractivity contribution is 6.41. The second-order valence-corrected chi connectivity index (χ2v) is 8.37. The van der Waals surface area contributed by atoms with Gasteiger partial charge in [-0.25, -0.2) is 0 Å². The second-order valence-electron chi connectivity index (χ2n) is 8.37. The molecule has 7 heteroatoms. The molecule has 3 aromatic rings. The molecule has 33 heavy (non-hydrogen) atoms. The van der Waals surface area contributed by atoms with Crippen LogP contribution in [0.2, 0.25) is 0 Å². The quantitative estimate of drug-likeness (QED) is 0.393. The van der Waals surface area contributed by atoms with E-state index in [2.05, 4.69) is 5.10 Å². The molecule has 1 aromatic heterocycles. The van der Waals surface area contributed by atoms with Gasteiger partial charge in [-0.1, -0.05) is 44.2 Å². The van der Waals surface area contributed by atoms with Crippen molar-refractivity contribution in [3.63, 3.8) is 0 Å². The first-order valence-electron chi connectivity index (χ1n) is 11.0. The number of phenols is 1. The smallest absolute Gasteiger partial charge is 0.308 e. The summed E-state index contributed by atoms with van der Waals surface area (Å²) in [5, 5.41) is 32.0. The van der Waals surface area contributed by atoms with Gasteiger partial charge in [0.05, 0.1) is 24.4 Å². The number of nitrogens with one attached hydrogen (secondary N) is 1. The monoisotopic (exact) mass is 447 g/mol. The van der Waals surface area contributed by atoms with Gasteiger partial charge in [0.25, 0.3) is 0 Å². The van der Waals surface area contributed by atoms with Gasteiger partial charge in [-0.05, 0) is 53.3 Å². The van der Waals surface area contributed by atoms with Crippen molar-refractivity contribution in [1.82, 2.24) is 9.78 Å². The molecule has 0 aliphatic rings. The van der Waals surface area contributed by atoms with Crippen LogP contribution in [0.25, 0.3) is 11.1 Å². The van der Waals surface area contributed by atoms with Crippen LogP contribution >= 0.6 is 0 Å². The third kappa shape index (κ3) is 5.55. The minimum Gasteiger partial charge on any atom is -0.508 e. The molecule has 0 aliphatic carbocycles. The van der Waals surface area contributed by atoms with Crippen LogP contribution in [0.5, 0.6) is 5.75 Å². The molecule has 0 saturated carbocycles. The summed E-state index contributed by atoms with van der Waals surface area (Å²) in [6, 6.07) is 12.7. The summed E-state index contributed by atoms with van der Waals surface area (Å²) in [4.78, 5) is 24.2. The van der Waals surface area contributed by atoms with Gasteiger partial charge >= 0.3 is 5.97 Å². The van der Waals surface area contributed by atoms with E-state index >= 15 is 0 Å². The molecule has 0 saturated heterocycles. The fourth-order valence-corrected chi connectivity index (χ4v) is 3.93. The van der Waals surface area contributed by atoms with Crippen molar-refractivity contribution in [2.45, 2.75) is 46.1 Å². The van der Waals surface area contributed by atoms with Crippen molar-refractivity contribution in [1.29, 1.82) is 5.41 Å². The zero-order chi connectivity index (χ0) is 24.1. The molecule has 3 rings (SSSR count). The minimum atomic E-state index is -0.902. The van der Waals surface area contributed by atoms with E-state index in [-0.39, 0.29) is 30.2 Å². The lowest BCUT2D eigenvalue weighted by molar-refractivity contribution is -0.141. The Hall–Kier alpha value is -3.74. The molecule has 2 atom stereocenters. The summed E-state index contributed by atoms with van der Waals surface area (Å²) in [6.45, 7) is 5.71. The Labute approximate surface area is 193 Å². The topological polar surface area (TPSA) is 116 Å². The van der Waals surface area contributed by atoms with Crippen LogP contribution in [0.1, 0.15) is 42.9 Å². The van der Waals surface area contributed by atoms with Gasteiger partial charge in [0.2, 0.25) is 0 Å². The average Bonchev–Trinajstić information content (AvgIpc) is 3.23. The molecular formula is C26H29N3O4. The Morgan fingerprint density at radius 3 is 2.55 bits per heavy atom. The number of carbonyl (C=O) groups is 2. The van der Waals surface area contributed by atoms with E-state index in [0.29, 0.717) is 6.42 Å². The van der Waals surface area contributed by atoms with Gasteiger partial charge in [-0.2, -0.15) is 5.10 Å². The van der Waals surface area contributed by atoms with E-state index in [1.54, 1.807) is 42.2 Å². The first-order valence-corrected chi connectivity index (χ1v) is 11.0. The van der Waals surface area contributed by atoms with Gasteiger partial charge < -0.3 is 15.6 Å². The number of rotatable bonds is 10. The zero-order valence-corrected chi connectivity index (χ0v) is 19.1. The predicted molar refractivity (Wildman–Crippen MR) is 127 cm³/mol. The summed E-state index contributed by atoms with van der Waals surface area (Å²) in [7, 11) is 0. The number of carbonyl (C=O) groups excluding carboxylic acids is 1. The second kappa shape index (κ2) is 10.3. The van der Waals surface area contributed by atoms with Crippen molar-refractivity contribution in [2.24, 2.45) is 5.92 Å². The highest BCUT2D eigenvalue weighted by Gasteiger charge is 2.24. The van der Waals surface area contributed by atoms with Crippen molar-refractivity contribution in [3.05, 3.63) is 71.5 Å². The summed E-state index contributed by atoms with van der Waals surface area (Å²) < 4.78 is 1.55. The largest absolute Gasteiger partial charge is 0.508 e. The summed E-state index contributed by atoms with van der Waals surface area (Å²) in [6.07, 6.45) is 3.91. The molecule has 0 spiro atoms. The number of aryl methyl sites for hydroxylation is 1. The molecule has 1 heterocycles. The van der Waals surface area contributed by atoms with Crippen LogP contribution in [0.3, 0.4) is 0 Å². The fraction of sp³-hybridized carbons (Fsp3) is 0.308. The van der Waals surface area contributed by atoms with E-state index in [4.69, 9.17) is 10.5 Å². The summed E-state index contributed by atoms with van der Waals surface area (Å²) in [5.74, 6) is -2.10. The summed E-state index contributed by atoms with van der Waals surface area (Å²) >= 11 is 0. The Bertz CT molecular complexity index is 1180. The zero-order valence-electron chi connectivity index (χ0n) is 19.1. The molecular weight excluding hydrogens is 418 g/mol. The van der Waals surface area contributed by atoms with Gasteiger partial charge in [0, 0.05) is 18.5 Å². The predicted octanol–water partition coefficient (Wildman–Crippen LogP) is 4.61. The maximum absolute atomic E-state index is 13.1. The van der Waals surface area contributed by atoms with E-state index < -0.39 is 17.8 Å². The third-order valence-electron chi connectivity index (χ3n) is 5.87. The number of ketones is 1. The number of phenolic OH excluding ortho intramolecular Hbond substituents is 1. The first-order chi connectivity index (χ1) is 15.7. The lowest BCUT2D eigenvalue weighted by atomic mass is 9.87. The molecule has 2 unspecified atom stereocenters. The molecule has 0 radical (unpaired) electrons. The number of nitrogens with zero attached hydrogens (tertiary/aromatic N) is 2. The lowest BCUT2D eigenvalue weighted by Crippen LogP contribution is -2.23. The van der Waals surface area contributed by atoms with Crippen LogP contribution < -0.4 is 0 Å². The number of carboxylic acid groups (broad SMARTS) is 1. The third-order valence-corrected chi connectivity index (χ3v) is 5.87. The SMILES string of the molecule is CCC(C(=N)C(=O)Cc1ccc(O)cc1-c1ccccc1C)c1cnn(CC(C)C(=O)O)c1. The van der Waals surface area contributed by atoms with Crippen molar-refractivity contribution in [2.75, 3.05) is 0 Å². The van der Waals surface area contributed by atoms with Crippen LogP contribution in [0, 0.1) is 18.3 Å². The standard InChI is InChI=1S/C26H29N3O4/c1-4-21(19-13-28-29(15-19)14-17(3)26(32)33)25(27)24(31)11-18-9-10-20(30)12-23(18)22-8-6-5-7-16(22)2/h5-10,12-13,15,17,21,27,30H,4,11,14H2,1-3H3,(H,32,33). The maximum atomic E-state index is 13.1. The molecule has 0 amide bonds. The number of aromatic nitrogens is 2. The number of aliphatic carboxylic acids is 1. The van der Waals surface area contributed by atoms with Crippen molar-refractivity contribution < 1.29 is 19.8 Å². The Balaban J connectivity index is 1.82. The normalized spacial score (nSPS) is 12.8. The molecule has 3 N–H and O–H groups in total.